The first-order valence-electron chi connectivity index (χ1n) is 6.42. The van der Waals surface area contributed by atoms with Gasteiger partial charge in [-0.3, -0.25) is 4.99 Å². The van der Waals surface area contributed by atoms with Gasteiger partial charge in [-0.15, -0.1) is 0 Å². The van der Waals surface area contributed by atoms with Crippen LogP contribution in [0, 0.1) is 5.82 Å². The fourth-order valence-electron chi connectivity index (χ4n) is 3.11. The minimum Gasteiger partial charge on any atom is -0.378 e. The van der Waals surface area contributed by atoms with Crippen molar-refractivity contribution in [2.75, 3.05) is 0 Å². The fraction of sp³-hybridized carbons (Fsp3) is 0.500. The van der Waals surface area contributed by atoms with Crippen LogP contribution in [0.5, 0.6) is 0 Å². The van der Waals surface area contributed by atoms with Crippen LogP contribution in [0.15, 0.2) is 27.7 Å². The number of halogens is 2. The minimum atomic E-state index is -0.552. The summed E-state index contributed by atoms with van der Waals surface area (Å²) in [6.45, 7) is 1.99. The van der Waals surface area contributed by atoms with Crippen molar-refractivity contribution >= 4 is 32.9 Å². The van der Waals surface area contributed by atoms with Gasteiger partial charge >= 0.3 is 0 Å². The second kappa shape index (κ2) is 4.48. The van der Waals surface area contributed by atoms with E-state index in [2.05, 4.69) is 20.9 Å². The quantitative estimate of drug-likeness (QED) is 0.831. The monoisotopic (exact) mass is 342 g/mol. The van der Waals surface area contributed by atoms with Gasteiger partial charge in [-0.05, 0) is 44.4 Å². The number of amidine groups is 1. The topological polar surface area (TPSA) is 38.4 Å². The number of hydrogen-bond acceptors (Lipinski definition) is 3. The van der Waals surface area contributed by atoms with Crippen LogP contribution in [0.2, 0.25) is 0 Å². The van der Waals surface area contributed by atoms with Crippen LogP contribution >= 0.6 is 27.7 Å². The Morgan fingerprint density at radius 2 is 2.16 bits per heavy atom. The SMILES string of the molecule is C[C@@]1(c2cc(Br)ccc2F)CC2(CCC2)SC(N)=N1. The molecule has 5 heteroatoms. The summed E-state index contributed by atoms with van der Waals surface area (Å²) in [7, 11) is 0. The number of nitrogens with zero attached hydrogens (tertiary/aromatic N) is 1. The van der Waals surface area contributed by atoms with E-state index in [9.17, 15) is 4.39 Å². The van der Waals surface area contributed by atoms with E-state index in [0.29, 0.717) is 10.7 Å². The first kappa shape index (κ1) is 13.4. The molecule has 19 heavy (non-hydrogen) atoms. The Kier molecular flexibility index (Phi) is 3.17. The van der Waals surface area contributed by atoms with Crippen molar-refractivity contribution in [3.63, 3.8) is 0 Å². The molecule has 1 heterocycles. The zero-order valence-electron chi connectivity index (χ0n) is 10.7. The van der Waals surface area contributed by atoms with Crippen molar-refractivity contribution < 1.29 is 4.39 Å². The number of hydrogen-bond donors (Lipinski definition) is 1. The second-order valence-corrected chi connectivity index (χ2v) is 8.07. The van der Waals surface area contributed by atoms with Gasteiger partial charge in [-0.1, -0.05) is 34.1 Å². The summed E-state index contributed by atoms with van der Waals surface area (Å²) in [6.07, 6.45) is 4.40. The molecule has 1 fully saturated rings. The normalized spacial score (nSPS) is 28.9. The van der Waals surface area contributed by atoms with Crippen LogP contribution in [0.25, 0.3) is 0 Å². The van der Waals surface area contributed by atoms with Crippen molar-refractivity contribution in [3.8, 4) is 0 Å². The molecule has 2 nitrogen and oxygen atoms in total. The summed E-state index contributed by atoms with van der Waals surface area (Å²) >= 11 is 5.09. The number of benzene rings is 1. The van der Waals surface area contributed by atoms with Gasteiger partial charge in [0.05, 0.1) is 5.54 Å². The Balaban J connectivity index is 2.06. The molecule has 0 aromatic heterocycles. The highest BCUT2D eigenvalue weighted by atomic mass is 79.9. The molecule has 0 amide bonds. The van der Waals surface area contributed by atoms with E-state index in [1.807, 2.05) is 13.0 Å². The van der Waals surface area contributed by atoms with Crippen LogP contribution in [-0.4, -0.2) is 9.91 Å². The van der Waals surface area contributed by atoms with Crippen molar-refractivity contribution in [1.29, 1.82) is 0 Å². The van der Waals surface area contributed by atoms with E-state index in [0.717, 1.165) is 23.7 Å². The van der Waals surface area contributed by atoms with Gasteiger partial charge in [-0.2, -0.15) is 0 Å². The molecule has 1 aromatic carbocycles. The third kappa shape index (κ3) is 2.31. The third-order valence-electron chi connectivity index (χ3n) is 4.12. The molecule has 1 aliphatic carbocycles. The Hall–Kier alpha value is -0.550. The summed E-state index contributed by atoms with van der Waals surface area (Å²) in [5, 5.41) is 0.591. The molecule has 0 unspecified atom stereocenters. The number of thioether (sulfide) groups is 1. The Labute approximate surface area is 125 Å². The predicted molar refractivity (Wildman–Crippen MR) is 81.9 cm³/mol. The van der Waals surface area contributed by atoms with Gasteiger partial charge in [0.15, 0.2) is 5.17 Å². The Morgan fingerprint density at radius 3 is 2.79 bits per heavy atom. The van der Waals surface area contributed by atoms with E-state index >= 15 is 0 Å². The van der Waals surface area contributed by atoms with E-state index in [4.69, 9.17) is 5.73 Å². The van der Waals surface area contributed by atoms with Gasteiger partial charge in [0.25, 0.3) is 0 Å². The van der Waals surface area contributed by atoms with Crippen LogP contribution in [0.3, 0.4) is 0 Å². The van der Waals surface area contributed by atoms with Gasteiger partial charge in [0.2, 0.25) is 0 Å². The van der Waals surface area contributed by atoms with E-state index in [1.54, 1.807) is 17.8 Å². The van der Waals surface area contributed by atoms with Gasteiger partial charge < -0.3 is 5.73 Å². The number of aliphatic imine (C=N–C) groups is 1. The lowest BCUT2D eigenvalue weighted by atomic mass is 9.73. The lowest BCUT2D eigenvalue weighted by molar-refractivity contribution is 0.267. The molecule has 0 saturated heterocycles. The van der Waals surface area contributed by atoms with Gasteiger partial charge in [0, 0.05) is 14.8 Å². The van der Waals surface area contributed by atoms with Gasteiger partial charge in [0.1, 0.15) is 5.82 Å². The summed E-state index contributed by atoms with van der Waals surface area (Å²) in [4.78, 5) is 4.56. The van der Waals surface area contributed by atoms with Crippen LogP contribution in [0.1, 0.15) is 38.2 Å². The minimum absolute atomic E-state index is 0.176. The highest BCUT2D eigenvalue weighted by Gasteiger charge is 2.48. The van der Waals surface area contributed by atoms with Crippen LogP contribution < -0.4 is 5.73 Å². The maximum Gasteiger partial charge on any atom is 0.155 e. The maximum atomic E-state index is 14.2. The van der Waals surface area contributed by atoms with Crippen molar-refractivity contribution in [2.24, 2.45) is 10.7 Å². The standard InChI is InChI=1S/C14H16BrFN2S/c1-13(10-7-9(15)3-4-11(10)16)8-14(5-2-6-14)19-12(17)18-13/h3-4,7H,2,5-6,8H2,1H3,(H2,17,18)/t13-/m0/s1. The highest BCUT2D eigenvalue weighted by Crippen LogP contribution is 2.55. The number of rotatable bonds is 1. The molecular formula is C14H16BrFN2S. The molecular weight excluding hydrogens is 327 g/mol. The molecule has 3 rings (SSSR count). The average Bonchev–Trinajstić information content (AvgIpc) is 2.29. The van der Waals surface area contributed by atoms with Gasteiger partial charge in [-0.25, -0.2) is 4.39 Å². The Bertz CT molecular complexity index is 556. The molecule has 0 radical (unpaired) electrons. The second-order valence-electron chi connectivity index (χ2n) is 5.66. The van der Waals surface area contributed by atoms with Crippen molar-refractivity contribution in [3.05, 3.63) is 34.1 Å². The lowest BCUT2D eigenvalue weighted by Gasteiger charge is -2.48. The third-order valence-corrected chi connectivity index (χ3v) is 5.90. The molecule has 0 bridgehead atoms. The summed E-state index contributed by atoms with van der Waals surface area (Å²) in [6, 6.07) is 5.03. The summed E-state index contributed by atoms with van der Waals surface area (Å²) < 4.78 is 15.2. The molecule has 2 aliphatic rings. The number of nitrogens with two attached hydrogens (primary N) is 1. The molecule has 102 valence electrons. The van der Waals surface area contributed by atoms with E-state index < -0.39 is 5.54 Å². The predicted octanol–water partition coefficient (Wildman–Crippen LogP) is 4.18. The zero-order valence-corrected chi connectivity index (χ0v) is 13.2. The lowest BCUT2D eigenvalue weighted by Crippen LogP contribution is -2.46. The summed E-state index contributed by atoms with van der Waals surface area (Å²) in [5.74, 6) is -0.205. The molecule has 1 aliphatic heterocycles. The van der Waals surface area contributed by atoms with Crippen molar-refractivity contribution in [2.45, 2.75) is 42.9 Å². The maximum absolute atomic E-state index is 14.2. The largest absolute Gasteiger partial charge is 0.378 e. The zero-order chi connectivity index (χ0) is 13.7. The molecule has 1 atom stereocenters. The van der Waals surface area contributed by atoms with E-state index in [1.165, 1.54) is 12.5 Å². The van der Waals surface area contributed by atoms with Crippen LogP contribution in [-0.2, 0) is 5.54 Å². The fourth-order valence-corrected chi connectivity index (χ4v) is 5.00. The van der Waals surface area contributed by atoms with Crippen LogP contribution in [0.4, 0.5) is 4.39 Å². The Morgan fingerprint density at radius 1 is 1.42 bits per heavy atom. The average molecular weight is 343 g/mol. The molecule has 2 N–H and O–H groups in total. The smallest absolute Gasteiger partial charge is 0.155 e. The molecule has 1 spiro atoms. The van der Waals surface area contributed by atoms with E-state index in [-0.39, 0.29) is 10.6 Å². The first-order chi connectivity index (χ1) is 8.92. The molecule has 1 saturated carbocycles. The summed E-state index contributed by atoms with van der Waals surface area (Å²) in [5.41, 5.74) is 6.08. The molecule has 1 aromatic rings. The first-order valence-corrected chi connectivity index (χ1v) is 8.03. The van der Waals surface area contributed by atoms with Crippen molar-refractivity contribution in [1.82, 2.24) is 0 Å². The highest BCUT2D eigenvalue weighted by molar-refractivity contribution is 9.10.